The van der Waals surface area contributed by atoms with Crippen LogP contribution in [-0.4, -0.2) is 119 Å². The first-order valence-electron chi connectivity index (χ1n) is 22.5. The zero-order chi connectivity index (χ0) is 46.8. The molecule has 2 unspecified atom stereocenters. The van der Waals surface area contributed by atoms with E-state index in [4.69, 9.17) is 15.9 Å². The molecular weight excluding hydrogens is 888 g/mol. The number of anilines is 2. The molecule has 0 aliphatic carbocycles. The van der Waals surface area contributed by atoms with Gasteiger partial charge < -0.3 is 15.5 Å². The molecule has 17 nitrogen and oxygen atoms in total. The third-order valence-electron chi connectivity index (χ3n) is 14.3. The Hall–Kier alpha value is -5.70. The summed E-state index contributed by atoms with van der Waals surface area (Å²) in [7, 11) is -4.09. The van der Waals surface area contributed by atoms with Gasteiger partial charge >= 0.3 is 0 Å². The maximum Gasteiger partial charge on any atom is 0.262 e. The molecule has 2 aromatic carbocycles. The van der Waals surface area contributed by atoms with Gasteiger partial charge in [0.1, 0.15) is 17.1 Å². The Balaban J connectivity index is 0.807. The number of nitrogens with zero attached hydrogens (tertiary/aromatic N) is 7. The van der Waals surface area contributed by atoms with Gasteiger partial charge in [-0.05, 0) is 74.8 Å². The molecule has 348 valence electrons. The number of nitrogens with one attached hydrogen (secondary N) is 1. The van der Waals surface area contributed by atoms with Gasteiger partial charge in [0.2, 0.25) is 33.7 Å². The van der Waals surface area contributed by atoms with Crippen molar-refractivity contribution in [3.05, 3.63) is 76.2 Å². The minimum atomic E-state index is -4.09. The lowest BCUT2D eigenvalue weighted by Crippen LogP contribution is -2.60. The second-order valence-electron chi connectivity index (χ2n) is 18.6. The number of carbonyl (C=O) groups is 5. The number of sulfonamides is 1. The standard InChI is InChI=1S/C46H53FN10O7S2/c1-4-35(66(49,63)64)30-6-5-7-31(37(30)47)38-39(33-12-17-50-45(48)51-33)65-44(53-38)46(2,3)26-13-18-55(19-14-26)41(60)25-23-56(24-25)27-15-20-54(21-16-27)28-8-9-29-32(22-28)43(62)57(42(29)61)34-10-11-36(58)52-40(34)59/h5-9,12,17,22,25-27,34-35H,4,10-11,13-16,18-21,23-24H2,1-3H3,(H2,48,50,51)(H2,49,63,64)(H,52,58,59). The summed E-state index contributed by atoms with van der Waals surface area (Å²) in [6, 6.07) is 10.8. The number of primary sulfonamides is 1. The number of fused-ring (bicyclic) bond motifs is 1. The lowest BCUT2D eigenvalue weighted by molar-refractivity contribution is -0.144. The molecule has 5 amide bonds. The predicted molar refractivity (Wildman–Crippen MR) is 245 cm³/mol. The minimum absolute atomic E-state index is 0.0220. The van der Waals surface area contributed by atoms with Crippen LogP contribution in [0.2, 0.25) is 0 Å². The number of nitrogen functional groups attached to an aromatic ring is 1. The van der Waals surface area contributed by atoms with Crippen molar-refractivity contribution in [1.29, 1.82) is 0 Å². The molecule has 0 radical (unpaired) electrons. The first kappa shape index (κ1) is 45.5. The molecule has 4 saturated heterocycles. The van der Waals surface area contributed by atoms with Crippen molar-refractivity contribution in [2.24, 2.45) is 17.0 Å². The number of hydrogen-bond acceptors (Lipinski definition) is 14. The largest absolute Gasteiger partial charge is 0.371 e. The molecule has 9 rings (SSSR count). The summed E-state index contributed by atoms with van der Waals surface area (Å²) in [5.41, 5.74) is 7.78. The number of hydrogen-bond donors (Lipinski definition) is 3. The first-order valence-corrected chi connectivity index (χ1v) is 24.9. The Labute approximate surface area is 386 Å². The van der Waals surface area contributed by atoms with Crippen LogP contribution in [0.3, 0.4) is 0 Å². The van der Waals surface area contributed by atoms with Gasteiger partial charge in [0.05, 0.1) is 38.3 Å². The van der Waals surface area contributed by atoms with Gasteiger partial charge in [-0.1, -0.05) is 32.9 Å². The number of likely N-dealkylation sites (tertiary alicyclic amines) is 2. The highest BCUT2D eigenvalue weighted by Gasteiger charge is 2.46. The number of halogens is 1. The van der Waals surface area contributed by atoms with Crippen LogP contribution >= 0.6 is 11.3 Å². The number of piperidine rings is 3. The topological polar surface area (TPSA) is 235 Å². The smallest absolute Gasteiger partial charge is 0.262 e. The fourth-order valence-electron chi connectivity index (χ4n) is 10.4. The molecule has 20 heteroatoms. The number of aromatic nitrogens is 3. The highest BCUT2D eigenvalue weighted by molar-refractivity contribution is 7.89. The zero-order valence-electron chi connectivity index (χ0n) is 37.0. The van der Waals surface area contributed by atoms with Crippen molar-refractivity contribution >= 4 is 62.5 Å². The maximum absolute atomic E-state index is 16.4. The molecule has 2 aromatic heterocycles. The van der Waals surface area contributed by atoms with E-state index in [1.165, 1.54) is 23.6 Å². The molecule has 5 N–H and O–H groups in total. The van der Waals surface area contributed by atoms with E-state index in [9.17, 15) is 32.4 Å². The van der Waals surface area contributed by atoms with Crippen LogP contribution < -0.4 is 21.1 Å². The normalized spacial score (nSPS) is 21.0. The van der Waals surface area contributed by atoms with E-state index in [2.05, 4.69) is 38.9 Å². The molecule has 4 fully saturated rings. The van der Waals surface area contributed by atoms with Crippen LogP contribution in [0.5, 0.6) is 0 Å². The van der Waals surface area contributed by atoms with Gasteiger partial charge in [0.25, 0.3) is 11.8 Å². The average Bonchev–Trinajstić information content (AvgIpc) is 3.83. The van der Waals surface area contributed by atoms with Crippen molar-refractivity contribution < 1.29 is 36.8 Å². The second kappa shape index (κ2) is 17.5. The second-order valence-corrected chi connectivity index (χ2v) is 21.3. The van der Waals surface area contributed by atoms with Gasteiger partial charge in [-0.3, -0.25) is 39.1 Å². The monoisotopic (exact) mass is 940 g/mol. The number of thiazole rings is 1. The van der Waals surface area contributed by atoms with E-state index in [1.807, 2.05) is 11.0 Å². The van der Waals surface area contributed by atoms with Crippen molar-refractivity contribution in [2.75, 3.05) is 49.9 Å². The number of rotatable bonds is 11. The summed E-state index contributed by atoms with van der Waals surface area (Å²) in [5, 5.41) is 7.29. The fourth-order valence-corrected chi connectivity index (χ4v) is 12.7. The van der Waals surface area contributed by atoms with Crippen LogP contribution in [0, 0.1) is 17.7 Å². The number of amides is 5. The van der Waals surface area contributed by atoms with Gasteiger partial charge in [0.15, 0.2) is 0 Å². The molecule has 4 aromatic rings. The molecule has 0 bridgehead atoms. The fraction of sp³-hybridized carbons (Fsp3) is 0.478. The summed E-state index contributed by atoms with van der Waals surface area (Å²) in [6.07, 6.45) is 5.06. The van der Waals surface area contributed by atoms with Gasteiger partial charge in [-0.15, -0.1) is 11.3 Å². The average molecular weight is 941 g/mol. The number of nitrogens with two attached hydrogens (primary N) is 2. The Bertz CT molecular complexity index is 2740. The third kappa shape index (κ3) is 8.25. The molecule has 5 aliphatic rings. The molecule has 2 atom stereocenters. The highest BCUT2D eigenvalue weighted by atomic mass is 32.2. The quantitative estimate of drug-likeness (QED) is 0.179. The number of benzene rings is 2. The summed E-state index contributed by atoms with van der Waals surface area (Å²) in [6.45, 7) is 9.99. The van der Waals surface area contributed by atoms with Crippen LogP contribution in [0.15, 0.2) is 48.7 Å². The molecule has 7 heterocycles. The van der Waals surface area contributed by atoms with Crippen molar-refractivity contribution in [3.8, 4) is 21.8 Å². The lowest BCUT2D eigenvalue weighted by Gasteiger charge is -2.48. The van der Waals surface area contributed by atoms with Crippen molar-refractivity contribution in [1.82, 2.24) is 35.0 Å². The van der Waals surface area contributed by atoms with Gasteiger partial charge in [0, 0.05) is 80.2 Å². The molecule has 5 aliphatic heterocycles. The van der Waals surface area contributed by atoms with Crippen molar-refractivity contribution in [2.45, 2.75) is 88.5 Å². The summed E-state index contributed by atoms with van der Waals surface area (Å²) >= 11 is 1.39. The Morgan fingerprint density at radius 1 is 0.939 bits per heavy atom. The molecule has 0 saturated carbocycles. The van der Waals surface area contributed by atoms with Crippen LogP contribution in [0.4, 0.5) is 16.0 Å². The summed E-state index contributed by atoms with van der Waals surface area (Å²) in [4.78, 5) is 86.2. The minimum Gasteiger partial charge on any atom is -0.371 e. The maximum atomic E-state index is 16.4. The molecular formula is C46H53FN10O7S2. The van der Waals surface area contributed by atoms with Crippen LogP contribution in [0.25, 0.3) is 21.8 Å². The van der Waals surface area contributed by atoms with Crippen LogP contribution in [0.1, 0.15) is 102 Å². The van der Waals surface area contributed by atoms with E-state index in [1.54, 1.807) is 37.3 Å². The highest BCUT2D eigenvalue weighted by Crippen LogP contribution is 2.47. The summed E-state index contributed by atoms with van der Waals surface area (Å²) < 4.78 is 41.3. The number of carbonyl (C=O) groups excluding carboxylic acids is 5. The molecule has 66 heavy (non-hydrogen) atoms. The predicted octanol–water partition coefficient (Wildman–Crippen LogP) is 4.25. The zero-order valence-corrected chi connectivity index (χ0v) is 38.7. The third-order valence-corrected chi connectivity index (χ3v) is 17.1. The van der Waals surface area contributed by atoms with E-state index in [0.29, 0.717) is 48.5 Å². The summed E-state index contributed by atoms with van der Waals surface area (Å²) in [5.74, 6) is -2.50. The SMILES string of the molecule is CCC(c1cccc(-c2nc(C(C)(C)C3CCN(C(=O)C4CN(C5CCN(c6ccc7c(c6)C(=O)N(C6CCC(=O)NC6=O)C7=O)CC5)C4)CC3)sc2-c2ccnc(N)n2)c1F)S(N)(=O)=O. The Kier molecular flexibility index (Phi) is 12.1. The number of imide groups is 2. The first-order chi connectivity index (χ1) is 31.4. The van der Waals surface area contributed by atoms with Crippen LogP contribution in [-0.2, 0) is 29.8 Å². The van der Waals surface area contributed by atoms with E-state index >= 15 is 4.39 Å². The van der Waals surface area contributed by atoms with E-state index < -0.39 is 56.2 Å². The van der Waals surface area contributed by atoms with E-state index in [-0.39, 0.29) is 65.2 Å². The van der Waals surface area contributed by atoms with Gasteiger partial charge in [-0.25, -0.2) is 32.9 Å². The Morgan fingerprint density at radius 3 is 2.32 bits per heavy atom. The Morgan fingerprint density at radius 2 is 1.65 bits per heavy atom. The lowest BCUT2D eigenvalue weighted by atomic mass is 9.74. The van der Waals surface area contributed by atoms with Gasteiger partial charge in [-0.2, -0.15) is 0 Å². The van der Waals surface area contributed by atoms with E-state index in [0.717, 1.165) is 54.4 Å². The van der Waals surface area contributed by atoms with Crippen molar-refractivity contribution in [3.63, 3.8) is 0 Å². The molecule has 0 spiro atoms.